The molecule has 0 unspecified atom stereocenters. The van der Waals surface area contributed by atoms with Gasteiger partial charge in [-0.05, 0) is 36.8 Å². The summed E-state index contributed by atoms with van der Waals surface area (Å²) >= 11 is 7.31. The van der Waals surface area contributed by atoms with Crippen LogP contribution in [0.2, 0.25) is 5.02 Å². The van der Waals surface area contributed by atoms with E-state index in [1.54, 1.807) is 12.1 Å². The number of halogens is 1. The standard InChI is InChI=1S/C19H15ClN2O2S/c1-12-6-8-14(9-7-12)21-17(23)11-18-22-19(24)16(25-18)10-13-4-2-3-5-15(13)20/h2-11H,1H3,(H,21,23)(H,22,24)/b16-10-,18-11-. The first kappa shape index (κ1) is 17.2. The summed E-state index contributed by atoms with van der Waals surface area (Å²) in [7, 11) is 0. The van der Waals surface area contributed by atoms with Crippen molar-refractivity contribution in [3.05, 3.63) is 84.2 Å². The lowest BCUT2D eigenvalue weighted by molar-refractivity contribution is -0.110. The summed E-state index contributed by atoms with van der Waals surface area (Å²) in [5.74, 6) is -0.300. The van der Waals surface area contributed by atoms with Crippen LogP contribution in [0.15, 0.2) is 53.3 Å². The summed E-state index contributed by atoms with van der Waals surface area (Å²) in [4.78, 5) is 26.8. The van der Waals surface area contributed by atoms with E-state index in [1.807, 2.05) is 49.4 Å². The van der Waals surface area contributed by atoms with Gasteiger partial charge in [0.05, 0.1) is 4.53 Å². The number of anilines is 1. The van der Waals surface area contributed by atoms with Gasteiger partial charge in [0.15, 0.2) is 0 Å². The third-order valence-electron chi connectivity index (χ3n) is 3.45. The number of carbonyl (C=O) groups is 1. The van der Waals surface area contributed by atoms with E-state index in [9.17, 15) is 9.59 Å². The van der Waals surface area contributed by atoms with Crippen LogP contribution < -0.4 is 20.1 Å². The van der Waals surface area contributed by atoms with Gasteiger partial charge in [-0.1, -0.05) is 47.5 Å². The number of rotatable bonds is 3. The molecule has 0 fully saturated rings. The first-order chi connectivity index (χ1) is 12.0. The van der Waals surface area contributed by atoms with Crippen molar-refractivity contribution in [2.75, 3.05) is 5.32 Å². The molecule has 2 N–H and O–H groups in total. The number of hydrogen-bond acceptors (Lipinski definition) is 3. The Morgan fingerprint density at radius 1 is 1.16 bits per heavy atom. The number of hydrogen-bond donors (Lipinski definition) is 2. The van der Waals surface area contributed by atoms with Gasteiger partial charge in [-0.15, -0.1) is 11.3 Å². The number of aryl methyl sites for hydroxylation is 1. The number of amides is 1. The van der Waals surface area contributed by atoms with Crippen LogP contribution in [0.4, 0.5) is 5.69 Å². The van der Waals surface area contributed by atoms with E-state index in [4.69, 9.17) is 11.6 Å². The Kier molecular flexibility index (Phi) is 5.16. The van der Waals surface area contributed by atoms with Crippen LogP contribution in [0.3, 0.4) is 0 Å². The molecule has 1 heterocycles. The highest BCUT2D eigenvalue weighted by atomic mass is 35.5. The van der Waals surface area contributed by atoms with E-state index >= 15 is 0 Å². The zero-order valence-corrected chi connectivity index (χ0v) is 14.9. The molecule has 0 aliphatic carbocycles. The molecule has 0 saturated carbocycles. The van der Waals surface area contributed by atoms with Crippen LogP contribution >= 0.6 is 22.9 Å². The summed E-state index contributed by atoms with van der Waals surface area (Å²) in [6, 6.07) is 14.8. The first-order valence-electron chi connectivity index (χ1n) is 7.56. The molecule has 4 nitrogen and oxygen atoms in total. The number of nitrogens with one attached hydrogen (secondary N) is 2. The molecule has 0 aliphatic heterocycles. The van der Waals surface area contributed by atoms with Gasteiger partial charge in [-0.25, -0.2) is 0 Å². The van der Waals surface area contributed by atoms with Crippen LogP contribution in [0, 0.1) is 6.92 Å². The van der Waals surface area contributed by atoms with Crippen LogP contribution in [0.1, 0.15) is 11.1 Å². The predicted molar refractivity (Wildman–Crippen MR) is 103 cm³/mol. The van der Waals surface area contributed by atoms with Crippen molar-refractivity contribution in [2.24, 2.45) is 0 Å². The summed E-state index contributed by atoms with van der Waals surface area (Å²) in [5.41, 5.74) is 2.32. The third kappa shape index (κ3) is 4.47. The van der Waals surface area contributed by atoms with Crippen LogP contribution in [0.5, 0.6) is 0 Å². The molecule has 0 aliphatic rings. The van der Waals surface area contributed by atoms with Crippen molar-refractivity contribution in [1.29, 1.82) is 0 Å². The van der Waals surface area contributed by atoms with Gasteiger partial charge in [0, 0.05) is 16.8 Å². The zero-order chi connectivity index (χ0) is 17.8. The fourth-order valence-corrected chi connectivity index (χ4v) is 3.26. The fourth-order valence-electron chi connectivity index (χ4n) is 2.19. The lowest BCUT2D eigenvalue weighted by atomic mass is 10.2. The molecule has 0 saturated heterocycles. The van der Waals surface area contributed by atoms with Gasteiger partial charge >= 0.3 is 0 Å². The molecule has 3 rings (SSSR count). The summed E-state index contributed by atoms with van der Waals surface area (Å²) < 4.78 is 0.968. The second-order valence-electron chi connectivity index (χ2n) is 5.45. The number of thiazole rings is 1. The maximum Gasteiger partial charge on any atom is 0.266 e. The second kappa shape index (κ2) is 7.51. The Hall–Kier alpha value is -2.63. The maximum atomic E-state index is 12.1. The summed E-state index contributed by atoms with van der Waals surface area (Å²) in [6.07, 6.45) is 3.08. The van der Waals surface area contributed by atoms with Crippen molar-refractivity contribution in [3.8, 4) is 0 Å². The Morgan fingerprint density at radius 3 is 2.60 bits per heavy atom. The minimum absolute atomic E-state index is 0.251. The summed E-state index contributed by atoms with van der Waals surface area (Å²) in [6.45, 7) is 1.98. The molecule has 126 valence electrons. The minimum Gasteiger partial charge on any atom is -0.322 e. The molecular weight excluding hydrogens is 356 g/mol. The highest BCUT2D eigenvalue weighted by molar-refractivity contribution is 7.07. The topological polar surface area (TPSA) is 62.0 Å². The van der Waals surface area contributed by atoms with Crippen molar-refractivity contribution in [1.82, 2.24) is 4.98 Å². The Balaban J connectivity index is 1.88. The minimum atomic E-state index is -0.300. The molecule has 0 spiro atoms. The normalized spacial score (nSPS) is 12.4. The average Bonchev–Trinajstić information content (AvgIpc) is 2.91. The molecule has 1 aromatic heterocycles. The van der Waals surface area contributed by atoms with E-state index in [0.717, 1.165) is 11.1 Å². The lowest BCUT2D eigenvalue weighted by Gasteiger charge is -2.01. The van der Waals surface area contributed by atoms with E-state index in [-0.39, 0.29) is 11.5 Å². The SMILES string of the molecule is Cc1ccc(NC(=O)/C=c2/[nH]c(=O)/c(=C/c3ccccc3Cl)s2)cc1. The van der Waals surface area contributed by atoms with E-state index in [1.165, 1.54) is 17.4 Å². The smallest absolute Gasteiger partial charge is 0.266 e. The predicted octanol–water partition coefficient (Wildman–Crippen LogP) is 2.65. The van der Waals surface area contributed by atoms with Gasteiger partial charge in [0.2, 0.25) is 0 Å². The van der Waals surface area contributed by atoms with E-state index < -0.39 is 0 Å². The number of carbonyl (C=O) groups excluding carboxylic acids is 1. The molecule has 3 aromatic rings. The Morgan fingerprint density at radius 2 is 1.88 bits per heavy atom. The average molecular weight is 371 g/mol. The molecule has 25 heavy (non-hydrogen) atoms. The van der Waals surface area contributed by atoms with Gasteiger partial charge in [0.25, 0.3) is 11.5 Å². The van der Waals surface area contributed by atoms with Crippen LogP contribution in [0.25, 0.3) is 12.2 Å². The molecule has 0 bridgehead atoms. The lowest BCUT2D eigenvalue weighted by Crippen LogP contribution is -2.20. The third-order valence-corrected chi connectivity index (χ3v) is 4.76. The Bertz CT molecular complexity index is 1080. The second-order valence-corrected chi connectivity index (χ2v) is 6.94. The van der Waals surface area contributed by atoms with Gasteiger partial charge < -0.3 is 10.3 Å². The number of H-pyrrole nitrogens is 1. The van der Waals surface area contributed by atoms with Gasteiger partial charge in [-0.2, -0.15) is 0 Å². The molecule has 6 heteroatoms. The van der Waals surface area contributed by atoms with Gasteiger partial charge in [-0.3, -0.25) is 9.59 Å². The molecular formula is C19H15ClN2O2S. The van der Waals surface area contributed by atoms with E-state index in [0.29, 0.717) is 19.9 Å². The largest absolute Gasteiger partial charge is 0.322 e. The molecule has 2 aromatic carbocycles. The van der Waals surface area contributed by atoms with Crippen LogP contribution in [-0.4, -0.2) is 10.9 Å². The van der Waals surface area contributed by atoms with E-state index in [2.05, 4.69) is 10.3 Å². The quantitative estimate of drug-likeness (QED) is 0.744. The fraction of sp³-hybridized carbons (Fsp3) is 0.0526. The van der Waals surface area contributed by atoms with Crippen molar-refractivity contribution in [3.63, 3.8) is 0 Å². The number of aromatic amines is 1. The zero-order valence-electron chi connectivity index (χ0n) is 13.4. The van der Waals surface area contributed by atoms with Crippen molar-refractivity contribution >= 4 is 46.7 Å². The summed E-state index contributed by atoms with van der Waals surface area (Å²) in [5, 5.41) is 3.33. The highest BCUT2D eigenvalue weighted by Gasteiger charge is 2.01. The first-order valence-corrected chi connectivity index (χ1v) is 8.75. The monoisotopic (exact) mass is 370 g/mol. The maximum absolute atomic E-state index is 12.1. The molecule has 1 amide bonds. The molecule has 0 atom stereocenters. The van der Waals surface area contributed by atoms with Crippen molar-refractivity contribution < 1.29 is 4.79 Å². The van der Waals surface area contributed by atoms with Gasteiger partial charge in [0.1, 0.15) is 4.66 Å². The van der Waals surface area contributed by atoms with Crippen molar-refractivity contribution in [2.45, 2.75) is 6.92 Å². The Labute approximate surface area is 153 Å². The highest BCUT2D eigenvalue weighted by Crippen LogP contribution is 2.14. The molecule has 0 radical (unpaired) electrons. The number of benzene rings is 2. The number of aromatic nitrogens is 1. The van der Waals surface area contributed by atoms with Crippen LogP contribution in [-0.2, 0) is 4.79 Å².